The first-order valence-corrected chi connectivity index (χ1v) is 14.0. The number of fused-ring (bicyclic) bond motifs is 9. The molecule has 2 saturated carbocycles. The first-order chi connectivity index (χ1) is 17.3. The Labute approximate surface area is 226 Å². The van der Waals surface area contributed by atoms with Crippen LogP contribution in [0.2, 0.25) is 15.6 Å². The number of halogens is 3. The SMILES string of the molecule is O=C1C2C3CC(C2C(=O)N1Nc1nc(Cl)nc(Cl)n1)C1C(c2ccc(Cl)cc2)c2sc(=O)[nH]c2SC31. The molecule has 1 aromatic carbocycles. The molecular weight excluding hydrogens is 567 g/mol. The lowest BCUT2D eigenvalue weighted by atomic mass is 9.68. The van der Waals surface area contributed by atoms with Gasteiger partial charge in [-0.2, -0.15) is 20.0 Å². The van der Waals surface area contributed by atoms with Crippen LogP contribution >= 0.6 is 57.9 Å². The predicted octanol–water partition coefficient (Wildman–Crippen LogP) is 4.08. The fourth-order valence-electron chi connectivity index (χ4n) is 6.65. The van der Waals surface area contributed by atoms with Gasteiger partial charge in [0.2, 0.25) is 16.5 Å². The lowest BCUT2D eigenvalue weighted by Crippen LogP contribution is -2.42. The van der Waals surface area contributed by atoms with Crippen molar-refractivity contribution in [3.63, 3.8) is 0 Å². The van der Waals surface area contributed by atoms with E-state index in [9.17, 15) is 14.4 Å². The Hall–Kier alpha value is -2.18. The number of nitrogens with one attached hydrogen (secondary N) is 2. The highest BCUT2D eigenvalue weighted by molar-refractivity contribution is 8.00. The zero-order valence-electron chi connectivity index (χ0n) is 18.0. The number of aromatic nitrogens is 4. The van der Waals surface area contributed by atoms with Crippen LogP contribution < -0.4 is 10.3 Å². The number of carbonyl (C=O) groups excluding carboxylic acids is 2. The molecule has 3 aromatic rings. The normalized spacial score (nSPS) is 32.0. The molecule has 184 valence electrons. The Morgan fingerprint density at radius 2 is 1.61 bits per heavy atom. The van der Waals surface area contributed by atoms with Crippen LogP contribution in [0.15, 0.2) is 34.1 Å². The molecule has 4 aliphatic rings. The third-order valence-electron chi connectivity index (χ3n) is 7.75. The Bertz CT molecular complexity index is 1480. The van der Waals surface area contributed by atoms with Gasteiger partial charge >= 0.3 is 4.87 Å². The number of benzene rings is 1. The number of aromatic amines is 1. The molecule has 2 bridgehead atoms. The zero-order chi connectivity index (χ0) is 24.9. The smallest absolute Gasteiger partial charge is 0.305 e. The van der Waals surface area contributed by atoms with E-state index >= 15 is 0 Å². The third-order valence-corrected chi connectivity index (χ3v) is 10.9. The molecule has 7 rings (SSSR count). The second-order valence-electron chi connectivity index (χ2n) is 9.33. The maximum absolute atomic E-state index is 13.6. The number of carbonyl (C=O) groups is 2. The van der Waals surface area contributed by atoms with Crippen molar-refractivity contribution in [3.05, 3.63) is 60.0 Å². The van der Waals surface area contributed by atoms with Gasteiger partial charge in [0.1, 0.15) is 0 Å². The number of hydrazine groups is 1. The Balaban J connectivity index is 1.27. The second kappa shape index (κ2) is 8.16. The maximum atomic E-state index is 13.6. The third kappa shape index (κ3) is 3.29. The van der Waals surface area contributed by atoms with Crippen LogP contribution in [-0.2, 0) is 9.59 Å². The number of H-pyrrole nitrogens is 1. The number of anilines is 1. The Morgan fingerprint density at radius 3 is 2.31 bits per heavy atom. The van der Waals surface area contributed by atoms with E-state index in [0.717, 1.165) is 26.9 Å². The molecular formula is C22H15Cl3N6O3S2. The fraction of sp³-hybridized carbons (Fsp3) is 0.364. The van der Waals surface area contributed by atoms with Crippen molar-refractivity contribution in [2.75, 3.05) is 5.43 Å². The first kappa shape index (κ1) is 23.0. The summed E-state index contributed by atoms with van der Waals surface area (Å²) in [7, 11) is 0. The summed E-state index contributed by atoms with van der Waals surface area (Å²) in [4.78, 5) is 54.8. The van der Waals surface area contributed by atoms with Crippen LogP contribution in [0.3, 0.4) is 0 Å². The van der Waals surface area contributed by atoms with Gasteiger partial charge in [-0.15, -0.1) is 11.8 Å². The molecule has 2 aliphatic carbocycles. The highest BCUT2D eigenvalue weighted by atomic mass is 35.5. The predicted molar refractivity (Wildman–Crippen MR) is 135 cm³/mol. The molecule has 3 fully saturated rings. The summed E-state index contributed by atoms with van der Waals surface area (Å²) in [6.07, 6.45) is 0.787. The monoisotopic (exact) mass is 580 g/mol. The minimum atomic E-state index is -0.461. The zero-order valence-corrected chi connectivity index (χ0v) is 21.9. The van der Waals surface area contributed by atoms with Crippen molar-refractivity contribution in [2.45, 2.75) is 22.6 Å². The standard InChI is InChI=1S/C22H15Cl3N6O3S2/c23-7-3-1-6(2-4-7)10-11-8-5-9(14(11)35-16-15(10)36-22(34)26-16)13-12(8)17(32)31(18(13)33)30-21-28-19(24)27-20(25)29-21/h1-4,8-14H,5H2,(H,26,34)(H,27,28,29,30). The van der Waals surface area contributed by atoms with Gasteiger partial charge in [0.05, 0.1) is 16.9 Å². The van der Waals surface area contributed by atoms with E-state index in [1.807, 2.05) is 24.3 Å². The van der Waals surface area contributed by atoms with E-state index in [-0.39, 0.29) is 62.1 Å². The van der Waals surface area contributed by atoms with Crippen LogP contribution in [0.25, 0.3) is 0 Å². The van der Waals surface area contributed by atoms with E-state index in [1.165, 1.54) is 11.3 Å². The summed E-state index contributed by atoms with van der Waals surface area (Å²) in [6, 6.07) is 7.67. The van der Waals surface area contributed by atoms with Crippen LogP contribution in [0.5, 0.6) is 0 Å². The molecule has 0 radical (unpaired) electrons. The number of nitrogens with zero attached hydrogens (tertiary/aromatic N) is 4. The Morgan fingerprint density at radius 1 is 0.944 bits per heavy atom. The number of amides is 2. The molecule has 2 aliphatic heterocycles. The average molecular weight is 582 g/mol. The fourth-order valence-corrected chi connectivity index (χ4v) is 10.0. The summed E-state index contributed by atoms with van der Waals surface area (Å²) >= 11 is 20.7. The second-order valence-corrected chi connectivity index (χ2v) is 12.6. The van der Waals surface area contributed by atoms with E-state index < -0.39 is 11.8 Å². The molecule has 7 atom stereocenters. The van der Waals surface area contributed by atoms with Crippen LogP contribution in [0.4, 0.5) is 5.95 Å². The molecule has 9 nitrogen and oxygen atoms in total. The first-order valence-electron chi connectivity index (χ1n) is 11.2. The maximum Gasteiger partial charge on any atom is 0.305 e. The van der Waals surface area contributed by atoms with Crippen molar-refractivity contribution >= 4 is 75.7 Å². The summed E-state index contributed by atoms with van der Waals surface area (Å²) in [5.74, 6) is -1.58. The summed E-state index contributed by atoms with van der Waals surface area (Å²) in [5.41, 5.74) is 3.76. The van der Waals surface area contributed by atoms with E-state index in [0.29, 0.717) is 5.02 Å². The number of hydrogen-bond acceptors (Lipinski definition) is 9. The van der Waals surface area contributed by atoms with Crippen molar-refractivity contribution in [2.24, 2.45) is 29.6 Å². The summed E-state index contributed by atoms with van der Waals surface area (Å²) in [5, 5.41) is 2.29. The lowest BCUT2D eigenvalue weighted by Gasteiger charge is -2.43. The van der Waals surface area contributed by atoms with Gasteiger partial charge < -0.3 is 4.98 Å². The van der Waals surface area contributed by atoms with Crippen molar-refractivity contribution in [1.82, 2.24) is 24.9 Å². The molecule has 2 amide bonds. The van der Waals surface area contributed by atoms with Crippen LogP contribution in [-0.4, -0.2) is 42.0 Å². The van der Waals surface area contributed by atoms with Crippen LogP contribution in [0, 0.1) is 29.6 Å². The van der Waals surface area contributed by atoms with Crippen molar-refractivity contribution < 1.29 is 9.59 Å². The quantitative estimate of drug-likeness (QED) is 0.444. The average Bonchev–Trinajstić information content (AvgIpc) is 3.55. The van der Waals surface area contributed by atoms with Gasteiger partial charge in [-0.25, -0.2) is 0 Å². The number of imide groups is 1. The molecule has 14 heteroatoms. The summed E-state index contributed by atoms with van der Waals surface area (Å²) in [6.45, 7) is 0. The van der Waals surface area contributed by atoms with Gasteiger partial charge in [0.25, 0.3) is 11.8 Å². The number of hydrogen-bond donors (Lipinski definition) is 2. The summed E-state index contributed by atoms with van der Waals surface area (Å²) < 4.78 is 0. The topological polar surface area (TPSA) is 121 Å². The number of thiazole rings is 1. The van der Waals surface area contributed by atoms with Gasteiger partial charge in [-0.3, -0.25) is 19.8 Å². The highest BCUT2D eigenvalue weighted by Gasteiger charge is 2.69. The van der Waals surface area contributed by atoms with Crippen LogP contribution in [0.1, 0.15) is 22.8 Å². The minimum absolute atomic E-state index is 0.00450. The molecule has 0 spiro atoms. The lowest BCUT2D eigenvalue weighted by molar-refractivity contribution is -0.139. The van der Waals surface area contributed by atoms with Gasteiger partial charge in [0, 0.05) is 21.1 Å². The largest absolute Gasteiger partial charge is 0.307 e. The number of thioether (sulfide) groups is 1. The van der Waals surface area contributed by atoms with E-state index in [4.69, 9.17) is 34.8 Å². The minimum Gasteiger partial charge on any atom is -0.307 e. The molecule has 4 heterocycles. The van der Waals surface area contributed by atoms with Gasteiger partial charge in [0.15, 0.2) is 0 Å². The highest BCUT2D eigenvalue weighted by Crippen LogP contribution is 2.68. The van der Waals surface area contributed by atoms with Crippen molar-refractivity contribution in [3.8, 4) is 0 Å². The number of rotatable bonds is 3. The molecule has 2 N–H and O–H groups in total. The molecule has 36 heavy (non-hydrogen) atoms. The molecule has 2 aromatic heterocycles. The van der Waals surface area contributed by atoms with E-state index in [1.54, 1.807) is 11.8 Å². The van der Waals surface area contributed by atoms with Gasteiger partial charge in [-0.1, -0.05) is 35.1 Å². The van der Waals surface area contributed by atoms with Gasteiger partial charge in [-0.05, 0) is 65.1 Å². The molecule has 1 saturated heterocycles. The molecule has 7 unspecified atom stereocenters. The van der Waals surface area contributed by atoms with Crippen molar-refractivity contribution in [1.29, 1.82) is 0 Å². The van der Waals surface area contributed by atoms with E-state index in [2.05, 4.69) is 25.4 Å². The Kier molecular flexibility index (Phi) is 5.21.